The lowest BCUT2D eigenvalue weighted by Crippen LogP contribution is -2.27. The first-order chi connectivity index (χ1) is 13.4. The van der Waals surface area contributed by atoms with E-state index in [2.05, 4.69) is 20.4 Å². The van der Waals surface area contributed by atoms with E-state index in [1.54, 1.807) is 11.3 Å². The van der Waals surface area contributed by atoms with E-state index in [1.165, 1.54) is 16.9 Å². The second kappa shape index (κ2) is 7.50. The fraction of sp³-hybridized carbons (Fsp3) is 0.500. The van der Waals surface area contributed by atoms with E-state index in [4.69, 9.17) is 4.52 Å². The van der Waals surface area contributed by atoms with Crippen LogP contribution in [0.2, 0.25) is 0 Å². The third-order valence-electron chi connectivity index (χ3n) is 5.36. The summed E-state index contributed by atoms with van der Waals surface area (Å²) < 4.78 is 5.17. The summed E-state index contributed by atoms with van der Waals surface area (Å²) in [6, 6.07) is -0.183. The second-order valence-electron chi connectivity index (χ2n) is 7.43. The van der Waals surface area contributed by atoms with Crippen molar-refractivity contribution >= 4 is 27.5 Å². The highest BCUT2D eigenvalue weighted by Gasteiger charge is 2.21. The van der Waals surface area contributed by atoms with Crippen molar-refractivity contribution in [3.05, 3.63) is 43.6 Å². The molecule has 0 bridgehead atoms. The van der Waals surface area contributed by atoms with Gasteiger partial charge in [0, 0.05) is 23.3 Å². The van der Waals surface area contributed by atoms with Crippen molar-refractivity contribution < 1.29 is 9.32 Å². The van der Waals surface area contributed by atoms with Crippen molar-refractivity contribution in [2.24, 2.45) is 0 Å². The Labute approximate surface area is 166 Å². The van der Waals surface area contributed by atoms with E-state index >= 15 is 0 Å². The molecular weight excluding hydrogens is 376 g/mol. The zero-order valence-corrected chi connectivity index (χ0v) is 17.2. The molecule has 0 spiro atoms. The summed E-state index contributed by atoms with van der Waals surface area (Å²) in [5, 5.41) is 7.65. The van der Waals surface area contributed by atoms with E-state index in [9.17, 15) is 9.59 Å². The Morgan fingerprint density at radius 3 is 2.86 bits per heavy atom. The number of hydrogen-bond donors (Lipinski definition) is 2. The predicted octanol–water partition coefficient (Wildman–Crippen LogP) is 3.28. The maximum Gasteiger partial charge on any atom is 0.259 e. The molecule has 0 fully saturated rings. The molecule has 1 aliphatic carbocycles. The van der Waals surface area contributed by atoms with Crippen LogP contribution in [0.25, 0.3) is 10.2 Å². The number of aromatic amines is 1. The summed E-state index contributed by atoms with van der Waals surface area (Å²) in [6.07, 6.45) is 4.95. The van der Waals surface area contributed by atoms with E-state index < -0.39 is 0 Å². The summed E-state index contributed by atoms with van der Waals surface area (Å²) in [7, 11) is 0. The number of amides is 1. The summed E-state index contributed by atoms with van der Waals surface area (Å²) in [6.45, 7) is 5.61. The SMILES string of the molecule is Cc1noc(C)c1C(C)NC(=O)CCc1nc2sc3c(c2c(=O)[nH]1)CCCC3. The summed E-state index contributed by atoms with van der Waals surface area (Å²) in [5.74, 6) is 1.18. The van der Waals surface area contributed by atoms with Crippen LogP contribution >= 0.6 is 11.3 Å². The van der Waals surface area contributed by atoms with E-state index in [1.807, 2.05) is 20.8 Å². The van der Waals surface area contributed by atoms with Crippen LogP contribution in [0.5, 0.6) is 0 Å². The fourth-order valence-electron chi connectivity index (χ4n) is 4.05. The van der Waals surface area contributed by atoms with Gasteiger partial charge in [-0.05, 0) is 52.0 Å². The maximum atomic E-state index is 12.6. The Kier molecular flexibility index (Phi) is 5.05. The number of carbonyl (C=O) groups excluding carboxylic acids is 1. The number of thiophene rings is 1. The zero-order valence-electron chi connectivity index (χ0n) is 16.3. The summed E-state index contributed by atoms with van der Waals surface area (Å²) in [5.41, 5.74) is 2.79. The number of carbonyl (C=O) groups is 1. The van der Waals surface area contributed by atoms with Gasteiger partial charge in [0.25, 0.3) is 5.56 Å². The molecule has 1 atom stereocenters. The minimum Gasteiger partial charge on any atom is -0.361 e. The largest absolute Gasteiger partial charge is 0.361 e. The van der Waals surface area contributed by atoms with Crippen LogP contribution in [0.15, 0.2) is 9.32 Å². The van der Waals surface area contributed by atoms with Crippen LogP contribution < -0.4 is 10.9 Å². The molecule has 3 aromatic rings. The molecule has 1 amide bonds. The van der Waals surface area contributed by atoms with Gasteiger partial charge in [-0.15, -0.1) is 11.3 Å². The molecule has 28 heavy (non-hydrogen) atoms. The van der Waals surface area contributed by atoms with Gasteiger partial charge in [-0.1, -0.05) is 5.16 Å². The van der Waals surface area contributed by atoms with Gasteiger partial charge >= 0.3 is 0 Å². The van der Waals surface area contributed by atoms with Crippen molar-refractivity contribution in [2.45, 2.75) is 65.3 Å². The van der Waals surface area contributed by atoms with Gasteiger partial charge in [0.1, 0.15) is 16.4 Å². The third-order valence-corrected chi connectivity index (χ3v) is 6.55. The van der Waals surface area contributed by atoms with E-state index in [0.717, 1.165) is 40.7 Å². The Morgan fingerprint density at radius 1 is 1.32 bits per heavy atom. The molecule has 148 valence electrons. The average Bonchev–Trinajstić information content (AvgIpc) is 3.19. The number of nitrogens with zero attached hydrogens (tertiary/aromatic N) is 2. The van der Waals surface area contributed by atoms with Gasteiger partial charge in [-0.25, -0.2) is 4.98 Å². The minimum absolute atomic E-state index is 0.0797. The van der Waals surface area contributed by atoms with Crippen LogP contribution in [0.1, 0.15) is 65.5 Å². The molecule has 7 nitrogen and oxygen atoms in total. The molecule has 1 aliphatic rings. The van der Waals surface area contributed by atoms with Gasteiger partial charge in [-0.3, -0.25) is 9.59 Å². The second-order valence-corrected chi connectivity index (χ2v) is 8.51. The quantitative estimate of drug-likeness (QED) is 0.684. The average molecular weight is 401 g/mol. The first-order valence-corrected chi connectivity index (χ1v) is 10.5. The fourth-order valence-corrected chi connectivity index (χ4v) is 5.33. The summed E-state index contributed by atoms with van der Waals surface area (Å²) >= 11 is 1.63. The van der Waals surface area contributed by atoms with Gasteiger partial charge in [0.05, 0.1) is 17.1 Å². The molecule has 0 aliphatic heterocycles. The molecule has 1 unspecified atom stereocenters. The lowest BCUT2D eigenvalue weighted by molar-refractivity contribution is -0.121. The first kappa shape index (κ1) is 18.9. The Bertz CT molecular complexity index is 1080. The Hall–Kier alpha value is -2.48. The molecule has 0 radical (unpaired) electrons. The Balaban J connectivity index is 1.45. The molecule has 4 rings (SSSR count). The van der Waals surface area contributed by atoms with Gasteiger partial charge in [-0.2, -0.15) is 0 Å². The third kappa shape index (κ3) is 3.48. The highest BCUT2D eigenvalue weighted by Crippen LogP contribution is 2.33. The number of H-pyrrole nitrogens is 1. The Morgan fingerprint density at radius 2 is 2.11 bits per heavy atom. The van der Waals surface area contributed by atoms with Gasteiger partial charge in [0.15, 0.2) is 0 Å². The number of fused-ring (bicyclic) bond motifs is 3. The number of hydrogen-bond acceptors (Lipinski definition) is 6. The molecule has 8 heteroatoms. The van der Waals surface area contributed by atoms with Crippen molar-refractivity contribution in [3.8, 4) is 0 Å². The van der Waals surface area contributed by atoms with Crippen LogP contribution in [0.3, 0.4) is 0 Å². The highest BCUT2D eigenvalue weighted by atomic mass is 32.1. The molecule has 2 N–H and O–H groups in total. The molecular formula is C20H24N4O3S. The molecule has 0 aromatic carbocycles. The lowest BCUT2D eigenvalue weighted by atomic mass is 9.97. The monoisotopic (exact) mass is 400 g/mol. The van der Waals surface area contributed by atoms with Crippen molar-refractivity contribution in [1.29, 1.82) is 0 Å². The summed E-state index contributed by atoms with van der Waals surface area (Å²) in [4.78, 5) is 34.6. The number of aryl methyl sites for hydroxylation is 5. The standard InChI is InChI=1S/C20H24N4O3S/c1-10(17-11(2)24-27-12(17)3)21-16(25)9-8-15-22-19(26)18-13-6-4-5-7-14(13)28-20(18)23-15/h10H,4-9H2,1-3H3,(H,21,25)(H,22,23,26). The van der Waals surface area contributed by atoms with E-state index in [-0.39, 0.29) is 23.9 Å². The van der Waals surface area contributed by atoms with Crippen molar-refractivity contribution in [2.75, 3.05) is 0 Å². The number of nitrogens with one attached hydrogen (secondary N) is 2. The first-order valence-electron chi connectivity index (χ1n) is 9.69. The highest BCUT2D eigenvalue weighted by molar-refractivity contribution is 7.18. The van der Waals surface area contributed by atoms with Crippen LogP contribution in [0, 0.1) is 13.8 Å². The molecule has 0 saturated carbocycles. The van der Waals surface area contributed by atoms with E-state index in [0.29, 0.717) is 18.0 Å². The van der Waals surface area contributed by atoms with Crippen molar-refractivity contribution in [3.63, 3.8) is 0 Å². The zero-order chi connectivity index (χ0) is 19.8. The number of aromatic nitrogens is 3. The van der Waals surface area contributed by atoms with Crippen LogP contribution in [-0.2, 0) is 24.1 Å². The van der Waals surface area contributed by atoms with Gasteiger partial charge in [0.2, 0.25) is 5.91 Å². The van der Waals surface area contributed by atoms with Crippen LogP contribution in [0.4, 0.5) is 0 Å². The van der Waals surface area contributed by atoms with Crippen LogP contribution in [-0.4, -0.2) is 21.0 Å². The van der Waals surface area contributed by atoms with Crippen molar-refractivity contribution in [1.82, 2.24) is 20.4 Å². The number of rotatable bonds is 5. The molecule has 0 saturated heterocycles. The smallest absolute Gasteiger partial charge is 0.259 e. The predicted molar refractivity (Wildman–Crippen MR) is 108 cm³/mol. The lowest BCUT2D eigenvalue weighted by Gasteiger charge is -2.13. The van der Waals surface area contributed by atoms with Gasteiger partial charge < -0.3 is 14.8 Å². The maximum absolute atomic E-state index is 12.6. The minimum atomic E-state index is -0.183. The normalized spacial score (nSPS) is 14.8. The molecule has 3 aromatic heterocycles. The molecule has 3 heterocycles. The topological polar surface area (TPSA) is 101 Å².